The molecule has 0 saturated heterocycles. The Hall–Kier alpha value is -3.20. The summed E-state index contributed by atoms with van der Waals surface area (Å²) in [7, 11) is 0. The van der Waals surface area contributed by atoms with E-state index in [2.05, 4.69) is 11.5 Å². The zero-order valence-electron chi connectivity index (χ0n) is 16.3. The van der Waals surface area contributed by atoms with Gasteiger partial charge in [-0.3, -0.25) is 4.79 Å². The van der Waals surface area contributed by atoms with Gasteiger partial charge in [-0.15, -0.1) is 0 Å². The molecule has 1 aromatic heterocycles. The Morgan fingerprint density at radius 1 is 1.29 bits per heavy atom. The summed E-state index contributed by atoms with van der Waals surface area (Å²) < 4.78 is 20.3. The number of aromatic nitrogens is 1. The molecule has 0 bridgehead atoms. The number of benzene rings is 1. The highest BCUT2D eigenvalue weighted by molar-refractivity contribution is 6.02. The van der Waals surface area contributed by atoms with Crippen LogP contribution in [0.25, 0.3) is 6.08 Å². The SMILES string of the molecule is CCCCn1c(C)cc(/C=C(\C#N)C(=O)OCC(=O)c2cccc(F)c2)c1C. The number of ketones is 1. The Morgan fingerprint density at radius 3 is 2.68 bits per heavy atom. The lowest BCUT2D eigenvalue weighted by molar-refractivity contribution is -0.137. The van der Waals surface area contributed by atoms with Crippen LogP contribution < -0.4 is 0 Å². The number of carbonyl (C=O) groups is 2. The van der Waals surface area contributed by atoms with E-state index in [4.69, 9.17) is 4.74 Å². The van der Waals surface area contributed by atoms with Crippen molar-refractivity contribution in [2.24, 2.45) is 0 Å². The van der Waals surface area contributed by atoms with Crippen molar-refractivity contribution < 1.29 is 18.7 Å². The average molecular weight is 382 g/mol. The van der Waals surface area contributed by atoms with E-state index in [0.717, 1.165) is 42.4 Å². The number of rotatable bonds is 8. The van der Waals surface area contributed by atoms with E-state index >= 15 is 0 Å². The summed E-state index contributed by atoms with van der Waals surface area (Å²) in [5.74, 6) is -1.97. The molecule has 146 valence electrons. The highest BCUT2D eigenvalue weighted by Crippen LogP contribution is 2.19. The predicted octanol–water partition coefficient (Wildman–Crippen LogP) is 4.38. The lowest BCUT2D eigenvalue weighted by atomic mass is 10.1. The van der Waals surface area contributed by atoms with Crippen molar-refractivity contribution in [2.75, 3.05) is 6.61 Å². The first-order valence-corrected chi connectivity index (χ1v) is 9.11. The summed E-state index contributed by atoms with van der Waals surface area (Å²) in [5.41, 5.74) is 2.68. The third kappa shape index (κ3) is 5.17. The maximum absolute atomic E-state index is 13.2. The van der Waals surface area contributed by atoms with E-state index < -0.39 is 24.2 Å². The number of carbonyl (C=O) groups excluding carboxylic acids is 2. The summed E-state index contributed by atoms with van der Waals surface area (Å²) in [6.45, 7) is 6.33. The first kappa shape index (κ1) is 21.1. The minimum atomic E-state index is -0.884. The summed E-state index contributed by atoms with van der Waals surface area (Å²) in [5, 5.41) is 9.32. The van der Waals surface area contributed by atoms with Gasteiger partial charge in [0, 0.05) is 23.5 Å². The van der Waals surface area contributed by atoms with E-state index in [1.54, 1.807) is 0 Å². The largest absolute Gasteiger partial charge is 0.453 e. The van der Waals surface area contributed by atoms with E-state index in [0.29, 0.717) is 0 Å². The van der Waals surface area contributed by atoms with Gasteiger partial charge in [0.25, 0.3) is 0 Å². The molecule has 0 amide bonds. The molecule has 0 aliphatic carbocycles. The van der Waals surface area contributed by atoms with Crippen molar-refractivity contribution in [1.82, 2.24) is 4.57 Å². The van der Waals surface area contributed by atoms with Gasteiger partial charge in [-0.25, -0.2) is 9.18 Å². The molecule has 0 aliphatic rings. The first-order chi connectivity index (χ1) is 13.4. The fourth-order valence-electron chi connectivity index (χ4n) is 2.88. The van der Waals surface area contributed by atoms with Crippen LogP contribution >= 0.6 is 0 Å². The Morgan fingerprint density at radius 2 is 2.04 bits per heavy atom. The number of aryl methyl sites for hydroxylation is 1. The van der Waals surface area contributed by atoms with Gasteiger partial charge in [-0.2, -0.15) is 5.26 Å². The maximum Gasteiger partial charge on any atom is 0.349 e. The van der Waals surface area contributed by atoms with Crippen LogP contribution in [-0.4, -0.2) is 22.9 Å². The second kappa shape index (κ2) is 9.65. The molecule has 28 heavy (non-hydrogen) atoms. The van der Waals surface area contributed by atoms with E-state index in [-0.39, 0.29) is 11.1 Å². The van der Waals surface area contributed by atoms with Gasteiger partial charge in [0.2, 0.25) is 0 Å². The van der Waals surface area contributed by atoms with Gasteiger partial charge in [-0.1, -0.05) is 25.5 Å². The number of nitriles is 1. The molecular weight excluding hydrogens is 359 g/mol. The van der Waals surface area contributed by atoms with Gasteiger partial charge < -0.3 is 9.30 Å². The Bertz CT molecular complexity index is 951. The maximum atomic E-state index is 13.2. The van der Waals surface area contributed by atoms with Crippen molar-refractivity contribution in [1.29, 1.82) is 5.26 Å². The van der Waals surface area contributed by atoms with Gasteiger partial charge in [0.1, 0.15) is 17.5 Å². The zero-order valence-corrected chi connectivity index (χ0v) is 16.3. The van der Waals surface area contributed by atoms with Gasteiger partial charge in [0.05, 0.1) is 0 Å². The van der Waals surface area contributed by atoms with Crippen LogP contribution in [0.5, 0.6) is 0 Å². The topological polar surface area (TPSA) is 72.1 Å². The molecule has 0 radical (unpaired) electrons. The molecule has 1 heterocycles. The molecule has 2 aromatic rings. The summed E-state index contributed by atoms with van der Waals surface area (Å²) in [6, 6.07) is 8.87. The molecule has 0 unspecified atom stereocenters. The molecule has 0 fully saturated rings. The number of ether oxygens (including phenoxy) is 1. The summed E-state index contributed by atoms with van der Waals surface area (Å²) in [6.07, 6.45) is 3.58. The number of Topliss-reactive ketones (excluding diaryl/α,β-unsaturated/α-hetero) is 1. The van der Waals surface area contributed by atoms with Crippen LogP contribution in [0.2, 0.25) is 0 Å². The molecule has 5 nitrogen and oxygen atoms in total. The lowest BCUT2D eigenvalue weighted by Crippen LogP contribution is -2.15. The van der Waals surface area contributed by atoms with E-state index in [9.17, 15) is 19.2 Å². The second-order valence-corrected chi connectivity index (χ2v) is 6.51. The first-order valence-electron chi connectivity index (χ1n) is 9.11. The highest BCUT2D eigenvalue weighted by atomic mass is 19.1. The number of esters is 1. The van der Waals surface area contributed by atoms with E-state index in [1.807, 2.05) is 26.0 Å². The predicted molar refractivity (Wildman–Crippen MR) is 104 cm³/mol. The van der Waals surface area contributed by atoms with Gasteiger partial charge in [-0.05, 0) is 50.1 Å². The average Bonchev–Trinajstić information content (AvgIpc) is 2.95. The standard InChI is InChI=1S/C22H23FN2O3/c1-4-5-9-25-15(2)10-18(16(25)3)11-19(13-24)22(27)28-14-21(26)17-7-6-8-20(23)12-17/h6-8,10-12H,4-5,9,14H2,1-3H3/b19-11+. The molecule has 1 aromatic carbocycles. The Labute approximate surface area is 164 Å². The minimum Gasteiger partial charge on any atom is -0.453 e. The van der Waals surface area contributed by atoms with Gasteiger partial charge >= 0.3 is 5.97 Å². The lowest BCUT2D eigenvalue weighted by Gasteiger charge is -2.08. The molecule has 0 spiro atoms. The third-order valence-electron chi connectivity index (χ3n) is 4.47. The third-order valence-corrected chi connectivity index (χ3v) is 4.47. The second-order valence-electron chi connectivity index (χ2n) is 6.51. The van der Waals surface area contributed by atoms with Crippen LogP contribution in [0.3, 0.4) is 0 Å². The number of hydrogen-bond acceptors (Lipinski definition) is 4. The minimum absolute atomic E-state index is 0.106. The van der Waals surface area contributed by atoms with Crippen LogP contribution in [0.4, 0.5) is 4.39 Å². The molecule has 0 aliphatic heterocycles. The molecule has 0 atom stereocenters. The summed E-state index contributed by atoms with van der Waals surface area (Å²) >= 11 is 0. The van der Waals surface area contributed by atoms with Crippen LogP contribution in [0.1, 0.15) is 47.1 Å². The monoisotopic (exact) mass is 382 g/mol. The quantitative estimate of drug-likeness (QED) is 0.294. The fourth-order valence-corrected chi connectivity index (χ4v) is 2.88. The fraction of sp³-hybridized carbons (Fsp3) is 0.318. The Balaban J connectivity index is 2.11. The van der Waals surface area contributed by atoms with Crippen LogP contribution in [-0.2, 0) is 16.1 Å². The highest BCUT2D eigenvalue weighted by Gasteiger charge is 2.16. The zero-order chi connectivity index (χ0) is 20.7. The number of hydrogen-bond donors (Lipinski definition) is 0. The van der Waals surface area contributed by atoms with E-state index in [1.165, 1.54) is 24.3 Å². The van der Waals surface area contributed by atoms with Crippen LogP contribution in [0, 0.1) is 31.0 Å². The molecule has 0 saturated carbocycles. The van der Waals surface area contributed by atoms with Crippen molar-refractivity contribution >= 4 is 17.8 Å². The van der Waals surface area contributed by atoms with Gasteiger partial charge in [0.15, 0.2) is 12.4 Å². The summed E-state index contributed by atoms with van der Waals surface area (Å²) in [4.78, 5) is 24.2. The molecular formula is C22H23FN2O3. The van der Waals surface area contributed by atoms with Crippen LogP contribution in [0.15, 0.2) is 35.9 Å². The van der Waals surface area contributed by atoms with Crippen molar-refractivity contribution in [3.05, 3.63) is 64.2 Å². The number of halogens is 1. The number of nitrogens with zero attached hydrogens (tertiary/aromatic N) is 2. The molecule has 0 N–H and O–H groups in total. The normalized spacial score (nSPS) is 11.2. The molecule has 2 rings (SSSR count). The smallest absolute Gasteiger partial charge is 0.349 e. The van der Waals surface area contributed by atoms with Crippen molar-refractivity contribution in [2.45, 2.75) is 40.2 Å². The number of unbranched alkanes of at least 4 members (excludes halogenated alkanes) is 1. The van der Waals surface area contributed by atoms with Crippen molar-refractivity contribution in [3.63, 3.8) is 0 Å². The molecule has 6 heteroatoms. The Kier molecular flexibility index (Phi) is 7.28. The van der Waals surface area contributed by atoms with Crippen molar-refractivity contribution in [3.8, 4) is 6.07 Å².